The summed E-state index contributed by atoms with van der Waals surface area (Å²) in [7, 11) is 2.71. The van der Waals surface area contributed by atoms with E-state index < -0.39 is 17.1 Å². The number of ether oxygens (including phenoxy) is 2. The van der Waals surface area contributed by atoms with Crippen LogP contribution in [0.3, 0.4) is 0 Å². The van der Waals surface area contributed by atoms with Crippen molar-refractivity contribution in [3.05, 3.63) is 57.5 Å². The summed E-state index contributed by atoms with van der Waals surface area (Å²) in [6.07, 6.45) is 1.34. The standard InChI is InChI=1S/C19H14ClNO6S/c1-26-13-8-7-10(15(18(23)24)16(13)27-2)9-14-17(22)21(19(25)28-14)12-6-4-3-5-11(12)20/h3-9H,1-2H3,(H,23,24)/b14-9+. The highest BCUT2D eigenvalue weighted by atomic mass is 35.5. The fourth-order valence-corrected chi connectivity index (χ4v) is 3.78. The molecule has 0 radical (unpaired) electrons. The Balaban J connectivity index is 2.08. The zero-order chi connectivity index (χ0) is 20.4. The molecule has 9 heteroatoms. The lowest BCUT2D eigenvalue weighted by Crippen LogP contribution is -2.27. The molecule has 0 bridgehead atoms. The molecule has 0 aliphatic carbocycles. The zero-order valence-electron chi connectivity index (χ0n) is 14.8. The highest BCUT2D eigenvalue weighted by molar-refractivity contribution is 8.19. The van der Waals surface area contributed by atoms with Crippen LogP contribution < -0.4 is 14.4 Å². The van der Waals surface area contributed by atoms with Gasteiger partial charge >= 0.3 is 5.97 Å². The highest BCUT2D eigenvalue weighted by Gasteiger charge is 2.37. The Hall–Kier alpha value is -2.97. The van der Waals surface area contributed by atoms with Crippen LogP contribution in [0.2, 0.25) is 5.02 Å². The molecule has 28 heavy (non-hydrogen) atoms. The molecule has 3 rings (SSSR count). The summed E-state index contributed by atoms with van der Waals surface area (Å²) in [4.78, 5) is 38.0. The largest absolute Gasteiger partial charge is 0.493 e. The van der Waals surface area contributed by atoms with Gasteiger partial charge in [0.25, 0.3) is 11.1 Å². The second-order valence-electron chi connectivity index (χ2n) is 5.54. The van der Waals surface area contributed by atoms with Gasteiger partial charge in [0.15, 0.2) is 11.5 Å². The van der Waals surface area contributed by atoms with Gasteiger partial charge in [0.05, 0.1) is 29.8 Å². The van der Waals surface area contributed by atoms with Crippen molar-refractivity contribution in [2.45, 2.75) is 0 Å². The quantitative estimate of drug-likeness (QED) is 0.722. The number of anilines is 1. The van der Waals surface area contributed by atoms with Crippen LogP contribution in [0.4, 0.5) is 10.5 Å². The summed E-state index contributed by atoms with van der Waals surface area (Å²) in [5.74, 6) is -1.59. The van der Waals surface area contributed by atoms with Crippen LogP contribution in [0.1, 0.15) is 15.9 Å². The van der Waals surface area contributed by atoms with Crippen molar-refractivity contribution in [1.29, 1.82) is 0 Å². The van der Waals surface area contributed by atoms with E-state index >= 15 is 0 Å². The fraction of sp³-hybridized carbons (Fsp3) is 0.105. The van der Waals surface area contributed by atoms with E-state index in [4.69, 9.17) is 21.1 Å². The summed E-state index contributed by atoms with van der Waals surface area (Å²) in [5.41, 5.74) is 0.294. The number of methoxy groups -OCH3 is 2. The molecule has 0 aromatic heterocycles. The first-order chi connectivity index (χ1) is 13.4. The number of amides is 2. The minimum atomic E-state index is -1.26. The van der Waals surface area contributed by atoms with E-state index in [-0.39, 0.29) is 38.2 Å². The lowest BCUT2D eigenvalue weighted by atomic mass is 10.0. The normalized spacial score (nSPS) is 15.2. The van der Waals surface area contributed by atoms with E-state index in [1.165, 1.54) is 32.4 Å². The van der Waals surface area contributed by atoms with Crippen LogP contribution in [0.25, 0.3) is 6.08 Å². The third kappa shape index (κ3) is 3.44. The van der Waals surface area contributed by atoms with E-state index in [0.29, 0.717) is 11.8 Å². The highest BCUT2D eigenvalue weighted by Crippen LogP contribution is 2.40. The van der Waals surface area contributed by atoms with Crippen molar-refractivity contribution >= 4 is 52.2 Å². The molecule has 0 spiro atoms. The Morgan fingerprint density at radius 3 is 2.46 bits per heavy atom. The maximum Gasteiger partial charge on any atom is 0.340 e. The molecule has 0 saturated carbocycles. The van der Waals surface area contributed by atoms with Gasteiger partial charge in [-0.3, -0.25) is 9.59 Å². The number of halogens is 1. The van der Waals surface area contributed by atoms with Crippen LogP contribution in [0.5, 0.6) is 11.5 Å². The Bertz CT molecular complexity index is 1020. The maximum atomic E-state index is 12.8. The number of hydrogen-bond acceptors (Lipinski definition) is 6. The van der Waals surface area contributed by atoms with Gasteiger partial charge in [-0.05, 0) is 41.6 Å². The van der Waals surface area contributed by atoms with E-state index in [2.05, 4.69) is 0 Å². The van der Waals surface area contributed by atoms with E-state index in [0.717, 1.165) is 4.90 Å². The monoisotopic (exact) mass is 419 g/mol. The van der Waals surface area contributed by atoms with Crippen molar-refractivity contribution < 1.29 is 29.0 Å². The van der Waals surface area contributed by atoms with Crippen molar-refractivity contribution in [1.82, 2.24) is 0 Å². The number of carbonyl (C=O) groups excluding carboxylic acids is 2. The molecule has 1 aliphatic heterocycles. The van der Waals surface area contributed by atoms with Crippen molar-refractivity contribution in [2.75, 3.05) is 19.1 Å². The summed E-state index contributed by atoms with van der Waals surface area (Å²) >= 11 is 6.80. The zero-order valence-corrected chi connectivity index (χ0v) is 16.3. The van der Waals surface area contributed by atoms with Crippen molar-refractivity contribution in [3.8, 4) is 11.5 Å². The van der Waals surface area contributed by atoms with E-state index in [1.807, 2.05) is 0 Å². The minimum absolute atomic E-state index is 0.0223. The molecule has 2 aromatic carbocycles. The van der Waals surface area contributed by atoms with Gasteiger partial charge in [0, 0.05) is 0 Å². The topological polar surface area (TPSA) is 93.1 Å². The lowest BCUT2D eigenvalue weighted by Gasteiger charge is -2.14. The summed E-state index contributed by atoms with van der Waals surface area (Å²) in [6, 6.07) is 9.47. The van der Waals surface area contributed by atoms with Gasteiger partial charge < -0.3 is 14.6 Å². The van der Waals surface area contributed by atoms with Crippen LogP contribution >= 0.6 is 23.4 Å². The Morgan fingerprint density at radius 1 is 1.14 bits per heavy atom. The summed E-state index contributed by atoms with van der Waals surface area (Å²) in [6.45, 7) is 0. The number of rotatable bonds is 5. The van der Waals surface area contributed by atoms with Gasteiger partial charge in [-0.15, -0.1) is 0 Å². The SMILES string of the molecule is COc1ccc(/C=C2/SC(=O)N(c3ccccc3Cl)C2=O)c(C(=O)O)c1OC. The molecule has 1 saturated heterocycles. The number of imide groups is 1. The number of nitrogens with zero attached hydrogens (tertiary/aromatic N) is 1. The predicted octanol–water partition coefficient (Wildman–Crippen LogP) is 4.30. The molecule has 1 aliphatic rings. The first-order valence-electron chi connectivity index (χ1n) is 7.89. The first kappa shape index (κ1) is 19.8. The number of para-hydroxylation sites is 1. The number of carboxylic acids is 1. The van der Waals surface area contributed by atoms with Crippen LogP contribution in [0, 0.1) is 0 Å². The average molecular weight is 420 g/mol. The maximum absolute atomic E-state index is 12.8. The second-order valence-corrected chi connectivity index (χ2v) is 6.94. The Labute approximate surface area is 169 Å². The second kappa shape index (κ2) is 7.95. The third-order valence-electron chi connectivity index (χ3n) is 3.97. The first-order valence-corrected chi connectivity index (χ1v) is 9.09. The van der Waals surface area contributed by atoms with Crippen molar-refractivity contribution in [3.63, 3.8) is 0 Å². The molecular weight excluding hydrogens is 406 g/mol. The van der Waals surface area contributed by atoms with Gasteiger partial charge in [-0.1, -0.05) is 29.8 Å². The van der Waals surface area contributed by atoms with Crippen LogP contribution in [-0.2, 0) is 4.79 Å². The molecule has 2 amide bonds. The molecule has 1 heterocycles. The van der Waals surface area contributed by atoms with Crippen molar-refractivity contribution in [2.24, 2.45) is 0 Å². The number of benzene rings is 2. The van der Waals surface area contributed by atoms with E-state index in [9.17, 15) is 19.5 Å². The smallest absolute Gasteiger partial charge is 0.340 e. The molecule has 7 nitrogen and oxygen atoms in total. The fourth-order valence-electron chi connectivity index (χ4n) is 2.73. The molecule has 1 fully saturated rings. The Morgan fingerprint density at radius 2 is 1.86 bits per heavy atom. The number of thioether (sulfide) groups is 1. The van der Waals surface area contributed by atoms with Crippen LogP contribution in [0.15, 0.2) is 41.3 Å². The summed E-state index contributed by atoms with van der Waals surface area (Å²) < 4.78 is 10.3. The molecule has 0 atom stereocenters. The van der Waals surface area contributed by atoms with Gasteiger partial charge in [0.1, 0.15) is 5.56 Å². The van der Waals surface area contributed by atoms with Gasteiger partial charge in [-0.25, -0.2) is 9.69 Å². The average Bonchev–Trinajstić information content (AvgIpc) is 2.94. The molecule has 1 N–H and O–H groups in total. The lowest BCUT2D eigenvalue weighted by molar-refractivity contribution is -0.113. The number of carboxylic acid groups (broad SMARTS) is 1. The van der Waals surface area contributed by atoms with Crippen LogP contribution in [-0.4, -0.2) is 36.4 Å². The molecule has 0 unspecified atom stereocenters. The molecule has 2 aromatic rings. The number of carbonyl (C=O) groups is 3. The Kier molecular flexibility index (Phi) is 5.62. The minimum Gasteiger partial charge on any atom is -0.493 e. The van der Waals surface area contributed by atoms with Gasteiger partial charge in [0.2, 0.25) is 0 Å². The number of hydrogen-bond donors (Lipinski definition) is 1. The third-order valence-corrected chi connectivity index (χ3v) is 5.15. The molecular formula is C19H14ClNO6S. The predicted molar refractivity (Wildman–Crippen MR) is 106 cm³/mol. The van der Waals surface area contributed by atoms with E-state index in [1.54, 1.807) is 24.3 Å². The van der Waals surface area contributed by atoms with Gasteiger partial charge in [-0.2, -0.15) is 0 Å². The molecule has 144 valence electrons. The number of aromatic carboxylic acids is 1. The summed E-state index contributed by atoms with van der Waals surface area (Å²) in [5, 5.41) is 9.33.